The summed E-state index contributed by atoms with van der Waals surface area (Å²) in [6, 6.07) is 0.783. The van der Waals surface area contributed by atoms with Gasteiger partial charge in [-0.15, -0.1) is 0 Å². The van der Waals surface area contributed by atoms with Crippen LogP contribution in [0.1, 0.15) is 19.0 Å². The first kappa shape index (κ1) is 13.7. The number of halogens is 3. The van der Waals surface area contributed by atoms with Crippen LogP contribution in [-0.4, -0.2) is 21.3 Å². The molecule has 0 unspecified atom stereocenters. The summed E-state index contributed by atoms with van der Waals surface area (Å²) in [7, 11) is 0. The molecule has 0 aliphatic heterocycles. The van der Waals surface area contributed by atoms with E-state index in [1.807, 2.05) is 6.92 Å². The monoisotopic (exact) mass is 286 g/mol. The van der Waals surface area contributed by atoms with Crippen LogP contribution < -0.4 is 5.32 Å². The van der Waals surface area contributed by atoms with Crippen LogP contribution in [0.3, 0.4) is 0 Å². The lowest BCUT2D eigenvalue weighted by Crippen LogP contribution is -2.09. The van der Waals surface area contributed by atoms with E-state index in [9.17, 15) is 8.78 Å². The van der Waals surface area contributed by atoms with Crippen molar-refractivity contribution in [1.82, 2.24) is 14.8 Å². The third-order valence-corrected chi connectivity index (χ3v) is 2.88. The smallest absolute Gasteiger partial charge is 0.191 e. The second-order valence-corrected chi connectivity index (χ2v) is 4.47. The molecule has 19 heavy (non-hydrogen) atoms. The van der Waals surface area contributed by atoms with Gasteiger partial charge in [-0.3, -0.25) is 0 Å². The lowest BCUT2D eigenvalue weighted by molar-refractivity contribution is 0.562. The zero-order chi connectivity index (χ0) is 14.0. The number of hydrogen-bond donors (Lipinski definition) is 1. The molecule has 0 aromatic carbocycles. The summed E-state index contributed by atoms with van der Waals surface area (Å²) in [5, 5.41) is 7.22. The molecule has 0 aliphatic rings. The first-order valence-electron chi connectivity index (χ1n) is 5.85. The molecule has 2 aromatic rings. The second-order valence-electron chi connectivity index (χ2n) is 4.06. The summed E-state index contributed by atoms with van der Waals surface area (Å²) >= 11 is 5.86. The molecule has 0 saturated carbocycles. The molecular weight excluding hydrogens is 274 g/mol. The third-order valence-electron chi connectivity index (χ3n) is 2.51. The molecule has 0 fully saturated rings. The molecule has 1 N–H and O–H groups in total. The van der Waals surface area contributed by atoms with Gasteiger partial charge in [-0.1, -0.05) is 18.5 Å². The van der Waals surface area contributed by atoms with Gasteiger partial charge in [0.15, 0.2) is 23.3 Å². The van der Waals surface area contributed by atoms with E-state index >= 15 is 0 Å². The van der Waals surface area contributed by atoms with Crippen molar-refractivity contribution in [1.29, 1.82) is 0 Å². The molecule has 4 nitrogen and oxygen atoms in total. The highest BCUT2D eigenvalue weighted by Crippen LogP contribution is 2.21. The molecule has 0 amide bonds. The van der Waals surface area contributed by atoms with Crippen LogP contribution in [0.5, 0.6) is 0 Å². The maximum atomic E-state index is 13.7. The molecule has 0 spiro atoms. The highest BCUT2D eigenvalue weighted by molar-refractivity contribution is 6.31. The Balaban J connectivity index is 2.44. The van der Waals surface area contributed by atoms with Crippen LogP contribution in [0.25, 0.3) is 5.82 Å². The SMILES string of the molecule is CCCNc1nc(-n2cc(Cl)c(C)n2)c(F)cc1F. The van der Waals surface area contributed by atoms with Gasteiger partial charge in [0, 0.05) is 12.6 Å². The zero-order valence-corrected chi connectivity index (χ0v) is 11.3. The Kier molecular flexibility index (Phi) is 3.99. The Morgan fingerprint density at radius 3 is 2.68 bits per heavy atom. The summed E-state index contributed by atoms with van der Waals surface area (Å²) in [5.41, 5.74) is 0.551. The summed E-state index contributed by atoms with van der Waals surface area (Å²) in [4.78, 5) is 3.91. The Labute approximate surface area is 114 Å². The van der Waals surface area contributed by atoms with Crippen LogP contribution in [0.15, 0.2) is 12.3 Å². The van der Waals surface area contributed by atoms with Crippen LogP contribution in [0.4, 0.5) is 14.6 Å². The number of rotatable bonds is 4. The Hall–Kier alpha value is -1.69. The van der Waals surface area contributed by atoms with Gasteiger partial charge >= 0.3 is 0 Å². The first-order valence-corrected chi connectivity index (χ1v) is 6.22. The van der Waals surface area contributed by atoms with Crippen LogP contribution >= 0.6 is 11.6 Å². The molecule has 0 aliphatic carbocycles. The summed E-state index contributed by atoms with van der Waals surface area (Å²) in [6.07, 6.45) is 2.24. The van der Waals surface area contributed by atoms with Gasteiger partial charge in [0.05, 0.1) is 16.9 Å². The molecule has 0 bridgehead atoms. The van der Waals surface area contributed by atoms with Gasteiger partial charge in [-0.05, 0) is 13.3 Å². The van der Waals surface area contributed by atoms with Gasteiger partial charge in [0.1, 0.15) is 0 Å². The first-order chi connectivity index (χ1) is 9.02. The molecule has 7 heteroatoms. The van der Waals surface area contributed by atoms with Gasteiger partial charge in [0.2, 0.25) is 0 Å². The van der Waals surface area contributed by atoms with Crippen LogP contribution in [-0.2, 0) is 0 Å². The minimum absolute atomic E-state index is 0.00234. The zero-order valence-electron chi connectivity index (χ0n) is 10.5. The number of aromatic nitrogens is 3. The van der Waals surface area contributed by atoms with Gasteiger partial charge in [-0.25, -0.2) is 18.4 Å². The van der Waals surface area contributed by atoms with Crippen molar-refractivity contribution in [2.75, 3.05) is 11.9 Å². The van der Waals surface area contributed by atoms with E-state index in [-0.39, 0.29) is 11.6 Å². The fraction of sp³-hybridized carbons (Fsp3) is 0.333. The van der Waals surface area contributed by atoms with Gasteiger partial charge in [0.25, 0.3) is 0 Å². The van der Waals surface area contributed by atoms with Crippen molar-refractivity contribution in [3.8, 4) is 5.82 Å². The van der Waals surface area contributed by atoms with Crippen molar-refractivity contribution >= 4 is 17.4 Å². The van der Waals surface area contributed by atoms with E-state index in [1.54, 1.807) is 6.92 Å². The topological polar surface area (TPSA) is 42.7 Å². The Morgan fingerprint density at radius 2 is 2.11 bits per heavy atom. The highest BCUT2D eigenvalue weighted by atomic mass is 35.5. The van der Waals surface area contributed by atoms with Crippen molar-refractivity contribution in [3.05, 3.63) is 34.6 Å². The molecule has 2 aromatic heterocycles. The molecule has 102 valence electrons. The van der Waals surface area contributed by atoms with E-state index in [4.69, 9.17) is 11.6 Å². The lowest BCUT2D eigenvalue weighted by Gasteiger charge is -2.08. The standard InChI is InChI=1S/C12H13ClF2N4/c1-3-4-16-11-9(14)5-10(15)12(17-11)19-6-8(13)7(2)18-19/h5-6H,3-4H2,1-2H3,(H,16,17). The van der Waals surface area contributed by atoms with E-state index in [1.165, 1.54) is 10.9 Å². The number of aryl methyl sites for hydroxylation is 1. The number of pyridine rings is 1. The van der Waals surface area contributed by atoms with Crippen LogP contribution in [0, 0.1) is 18.6 Å². The normalized spacial score (nSPS) is 10.8. The second kappa shape index (κ2) is 5.52. The molecule has 2 rings (SSSR count). The van der Waals surface area contributed by atoms with E-state index in [2.05, 4.69) is 15.4 Å². The minimum atomic E-state index is -0.793. The van der Waals surface area contributed by atoms with Gasteiger partial charge < -0.3 is 5.32 Å². The Bertz CT molecular complexity index is 578. The van der Waals surface area contributed by atoms with E-state index in [0.717, 1.165) is 12.5 Å². The molecular formula is C12H13ClF2N4. The molecule has 2 heterocycles. The summed E-state index contributed by atoms with van der Waals surface area (Å²) < 4.78 is 28.5. The number of anilines is 1. The number of nitrogens with one attached hydrogen (secondary N) is 1. The van der Waals surface area contributed by atoms with Crippen molar-refractivity contribution in [2.45, 2.75) is 20.3 Å². The minimum Gasteiger partial charge on any atom is -0.368 e. The van der Waals surface area contributed by atoms with Crippen molar-refractivity contribution < 1.29 is 8.78 Å². The average molecular weight is 287 g/mol. The maximum absolute atomic E-state index is 13.7. The van der Waals surface area contributed by atoms with E-state index in [0.29, 0.717) is 17.3 Å². The Morgan fingerprint density at radius 1 is 1.37 bits per heavy atom. The summed E-state index contributed by atoms with van der Waals surface area (Å²) in [5.74, 6) is -1.61. The molecule has 0 saturated heterocycles. The maximum Gasteiger partial charge on any atom is 0.191 e. The quantitative estimate of drug-likeness (QED) is 0.937. The van der Waals surface area contributed by atoms with Gasteiger partial charge in [-0.2, -0.15) is 5.10 Å². The number of nitrogens with zero attached hydrogens (tertiary/aromatic N) is 3. The summed E-state index contributed by atoms with van der Waals surface area (Å²) in [6.45, 7) is 4.18. The average Bonchev–Trinajstić information content (AvgIpc) is 2.68. The van der Waals surface area contributed by atoms with Crippen molar-refractivity contribution in [3.63, 3.8) is 0 Å². The largest absolute Gasteiger partial charge is 0.368 e. The lowest BCUT2D eigenvalue weighted by atomic mass is 10.4. The molecule has 0 atom stereocenters. The fourth-order valence-electron chi connectivity index (χ4n) is 1.53. The van der Waals surface area contributed by atoms with Crippen molar-refractivity contribution in [2.24, 2.45) is 0 Å². The van der Waals surface area contributed by atoms with E-state index < -0.39 is 11.6 Å². The van der Waals surface area contributed by atoms with Crippen LogP contribution in [0.2, 0.25) is 5.02 Å². The number of hydrogen-bond acceptors (Lipinski definition) is 3. The predicted octanol–water partition coefficient (Wildman–Crippen LogP) is 3.33. The highest BCUT2D eigenvalue weighted by Gasteiger charge is 2.15. The third kappa shape index (κ3) is 2.84. The predicted molar refractivity (Wildman–Crippen MR) is 69.8 cm³/mol. The fourth-order valence-corrected chi connectivity index (χ4v) is 1.66. The molecule has 0 radical (unpaired) electrons.